The fourth-order valence-electron chi connectivity index (χ4n) is 2.79. The van der Waals surface area contributed by atoms with Crippen LogP contribution >= 0.6 is 0 Å². The van der Waals surface area contributed by atoms with Crippen LogP contribution in [0.4, 0.5) is 10.6 Å². The number of nitrogens with zero attached hydrogens (tertiary/aromatic N) is 2. The molecule has 128 valence electrons. The third-order valence-corrected chi connectivity index (χ3v) is 4.38. The number of aromatic amines is 1. The lowest BCUT2D eigenvalue weighted by atomic mass is 10.2. The molecule has 25 heavy (non-hydrogen) atoms. The minimum Gasteiger partial charge on any atom is -0.314 e. The van der Waals surface area contributed by atoms with Crippen LogP contribution in [0.1, 0.15) is 34.5 Å². The summed E-state index contributed by atoms with van der Waals surface area (Å²) < 4.78 is 0. The van der Waals surface area contributed by atoms with E-state index < -0.39 is 11.9 Å². The highest BCUT2D eigenvalue weighted by Crippen LogP contribution is 2.32. The van der Waals surface area contributed by atoms with Gasteiger partial charge in [-0.25, -0.2) is 4.79 Å². The summed E-state index contributed by atoms with van der Waals surface area (Å²) in [6.45, 7) is 0.607. The quantitative estimate of drug-likeness (QED) is 0.790. The predicted molar refractivity (Wildman–Crippen MR) is 88.5 cm³/mol. The molecule has 1 aliphatic carbocycles. The first-order valence-electron chi connectivity index (χ1n) is 8.14. The molecule has 0 spiro atoms. The Bertz CT molecular complexity index is 841. The van der Waals surface area contributed by atoms with Crippen molar-refractivity contribution in [2.24, 2.45) is 5.92 Å². The lowest BCUT2D eigenvalue weighted by Crippen LogP contribution is -2.40. The molecule has 2 aliphatic rings. The fourth-order valence-corrected chi connectivity index (χ4v) is 2.79. The topological polar surface area (TPSA) is 107 Å². The Labute approximate surface area is 143 Å². The number of aromatic nitrogens is 2. The summed E-state index contributed by atoms with van der Waals surface area (Å²) in [6.07, 6.45) is 1.82. The Morgan fingerprint density at radius 1 is 1.12 bits per heavy atom. The van der Waals surface area contributed by atoms with Crippen molar-refractivity contribution in [3.05, 3.63) is 47.2 Å². The van der Waals surface area contributed by atoms with Gasteiger partial charge in [-0.2, -0.15) is 5.10 Å². The van der Waals surface area contributed by atoms with Crippen LogP contribution in [-0.4, -0.2) is 32.9 Å². The van der Waals surface area contributed by atoms with Crippen LogP contribution in [0.3, 0.4) is 0 Å². The summed E-state index contributed by atoms with van der Waals surface area (Å²) in [7, 11) is 0. The van der Waals surface area contributed by atoms with E-state index in [1.807, 2.05) is 0 Å². The van der Waals surface area contributed by atoms with Crippen LogP contribution in [0.25, 0.3) is 0 Å². The molecule has 0 atom stereocenters. The van der Waals surface area contributed by atoms with Crippen LogP contribution in [0, 0.1) is 5.92 Å². The molecule has 4 amide bonds. The normalized spacial score (nSPS) is 15.6. The minimum atomic E-state index is -0.474. The number of amides is 4. The minimum absolute atomic E-state index is 0.0311. The van der Waals surface area contributed by atoms with Crippen molar-refractivity contribution >= 4 is 23.7 Å². The third kappa shape index (κ3) is 3.10. The number of benzene rings is 1. The van der Waals surface area contributed by atoms with Gasteiger partial charge in [-0.05, 0) is 25.0 Å². The maximum Gasteiger partial charge on any atom is 0.324 e. The number of carbonyl (C=O) groups is 3. The van der Waals surface area contributed by atoms with E-state index in [1.54, 1.807) is 30.3 Å². The molecule has 3 N–H and O–H groups in total. The molecule has 1 aromatic heterocycles. The van der Waals surface area contributed by atoms with Crippen LogP contribution in [0.2, 0.25) is 0 Å². The number of rotatable bonds is 3. The summed E-state index contributed by atoms with van der Waals surface area (Å²) in [5.41, 5.74) is 1.98. The molecule has 0 radical (unpaired) electrons. The second kappa shape index (κ2) is 6.04. The molecule has 0 bridgehead atoms. The highest BCUT2D eigenvalue weighted by molar-refractivity contribution is 6.04. The van der Waals surface area contributed by atoms with Crippen LogP contribution in [0.5, 0.6) is 0 Å². The van der Waals surface area contributed by atoms with Crippen molar-refractivity contribution in [2.45, 2.75) is 25.9 Å². The molecule has 1 aliphatic heterocycles. The Morgan fingerprint density at radius 2 is 1.88 bits per heavy atom. The molecular formula is C17H17N5O3. The Morgan fingerprint density at radius 3 is 2.60 bits per heavy atom. The van der Waals surface area contributed by atoms with E-state index in [9.17, 15) is 14.4 Å². The van der Waals surface area contributed by atoms with Gasteiger partial charge < -0.3 is 10.2 Å². The van der Waals surface area contributed by atoms with E-state index in [0.717, 1.165) is 24.1 Å². The number of hydrogen-bond acceptors (Lipinski definition) is 4. The number of nitrogens with one attached hydrogen (secondary N) is 3. The van der Waals surface area contributed by atoms with Crippen molar-refractivity contribution in [1.82, 2.24) is 20.4 Å². The van der Waals surface area contributed by atoms with E-state index in [0.29, 0.717) is 24.5 Å². The molecule has 8 nitrogen and oxygen atoms in total. The highest BCUT2D eigenvalue weighted by Gasteiger charge is 2.33. The standard InChI is InChI=1S/C17H17N5O3/c23-15(11-6-7-11)18-14-12-8-22(9-13(12)20-21-14)17(25)19-16(24)10-4-2-1-3-5-10/h1-5,11H,6-9H2,(H,19,24,25)(H2,18,20,21,23). The molecule has 1 fully saturated rings. The van der Waals surface area contributed by atoms with Gasteiger partial charge in [0.15, 0.2) is 5.82 Å². The lowest BCUT2D eigenvalue weighted by molar-refractivity contribution is -0.117. The maximum atomic E-state index is 12.3. The first-order valence-corrected chi connectivity index (χ1v) is 8.14. The summed E-state index contributed by atoms with van der Waals surface area (Å²) in [5, 5.41) is 12.1. The van der Waals surface area contributed by atoms with Gasteiger partial charge in [0.25, 0.3) is 5.91 Å². The average Bonchev–Trinajstić information content (AvgIpc) is 3.28. The molecule has 2 heterocycles. The number of hydrogen-bond donors (Lipinski definition) is 3. The van der Waals surface area contributed by atoms with Crippen molar-refractivity contribution in [3.63, 3.8) is 0 Å². The number of fused-ring (bicyclic) bond motifs is 1. The van der Waals surface area contributed by atoms with E-state index in [4.69, 9.17) is 0 Å². The van der Waals surface area contributed by atoms with Crippen LogP contribution < -0.4 is 10.6 Å². The third-order valence-electron chi connectivity index (χ3n) is 4.38. The van der Waals surface area contributed by atoms with Crippen molar-refractivity contribution < 1.29 is 14.4 Å². The molecule has 1 saturated carbocycles. The lowest BCUT2D eigenvalue weighted by Gasteiger charge is -2.16. The van der Waals surface area contributed by atoms with E-state index in [-0.39, 0.29) is 11.8 Å². The molecule has 4 rings (SSSR count). The summed E-state index contributed by atoms with van der Waals surface area (Å²) in [5.74, 6) is 0.0752. The van der Waals surface area contributed by atoms with Crippen molar-refractivity contribution in [1.29, 1.82) is 0 Å². The summed E-state index contributed by atoms with van der Waals surface area (Å²) >= 11 is 0. The molecule has 8 heteroatoms. The van der Waals surface area contributed by atoms with Gasteiger partial charge in [0.05, 0.1) is 18.8 Å². The Balaban J connectivity index is 1.39. The molecule has 0 saturated heterocycles. The first-order chi connectivity index (χ1) is 12.1. The van der Waals surface area contributed by atoms with Crippen molar-refractivity contribution in [2.75, 3.05) is 5.32 Å². The van der Waals surface area contributed by atoms with Gasteiger partial charge in [-0.15, -0.1) is 0 Å². The number of imide groups is 1. The molecular weight excluding hydrogens is 322 g/mol. The van der Waals surface area contributed by atoms with Gasteiger partial charge in [0, 0.05) is 17.0 Å². The SMILES string of the molecule is O=C(NC(=O)N1Cc2[nH]nc(NC(=O)C3CC3)c2C1)c1ccccc1. The van der Waals surface area contributed by atoms with E-state index >= 15 is 0 Å². The van der Waals surface area contributed by atoms with E-state index in [2.05, 4.69) is 20.8 Å². The van der Waals surface area contributed by atoms with Crippen LogP contribution in [-0.2, 0) is 17.9 Å². The first kappa shape index (κ1) is 15.4. The van der Waals surface area contributed by atoms with E-state index in [1.165, 1.54) is 4.90 Å². The Kier molecular flexibility index (Phi) is 3.72. The maximum absolute atomic E-state index is 12.3. The zero-order valence-corrected chi connectivity index (χ0v) is 13.4. The van der Waals surface area contributed by atoms with Gasteiger partial charge in [-0.1, -0.05) is 18.2 Å². The zero-order chi connectivity index (χ0) is 17.4. The molecule has 2 aromatic rings. The zero-order valence-electron chi connectivity index (χ0n) is 13.4. The second-order valence-corrected chi connectivity index (χ2v) is 6.27. The van der Waals surface area contributed by atoms with Gasteiger partial charge in [-0.3, -0.25) is 20.0 Å². The number of carbonyl (C=O) groups excluding carboxylic acids is 3. The van der Waals surface area contributed by atoms with Gasteiger partial charge >= 0.3 is 6.03 Å². The van der Waals surface area contributed by atoms with Gasteiger partial charge in [0.2, 0.25) is 5.91 Å². The smallest absolute Gasteiger partial charge is 0.314 e. The summed E-state index contributed by atoms with van der Waals surface area (Å²) in [6, 6.07) is 8.09. The summed E-state index contributed by atoms with van der Waals surface area (Å²) in [4.78, 5) is 37.8. The monoisotopic (exact) mass is 339 g/mol. The van der Waals surface area contributed by atoms with Crippen molar-refractivity contribution in [3.8, 4) is 0 Å². The largest absolute Gasteiger partial charge is 0.324 e. The second-order valence-electron chi connectivity index (χ2n) is 6.27. The highest BCUT2D eigenvalue weighted by atomic mass is 16.2. The Hall–Kier alpha value is -3.16. The predicted octanol–water partition coefficient (Wildman–Crippen LogP) is 1.62. The number of urea groups is 1. The number of anilines is 1. The molecule has 0 unspecified atom stereocenters. The fraction of sp³-hybridized carbons (Fsp3) is 0.294. The average molecular weight is 339 g/mol. The van der Waals surface area contributed by atoms with Gasteiger partial charge in [0.1, 0.15) is 0 Å². The molecule has 1 aromatic carbocycles. The van der Waals surface area contributed by atoms with Crippen LogP contribution in [0.15, 0.2) is 30.3 Å². The number of H-pyrrole nitrogens is 1.